The molecule has 5 nitrogen and oxygen atoms in total. The van der Waals surface area contributed by atoms with Crippen molar-refractivity contribution in [2.45, 2.75) is 19.8 Å². The maximum atomic E-state index is 11.9. The molecule has 0 aromatic heterocycles. The lowest BCUT2D eigenvalue weighted by molar-refractivity contribution is -0.143. The van der Waals surface area contributed by atoms with Crippen LogP contribution in [0.25, 0.3) is 0 Å². The Morgan fingerprint density at radius 1 is 1.29 bits per heavy atom. The van der Waals surface area contributed by atoms with Crippen LogP contribution in [0.15, 0.2) is 24.3 Å². The molecular formula is C16H20N2O3. The second kappa shape index (κ2) is 9.56. The first-order chi connectivity index (χ1) is 10.2. The quantitative estimate of drug-likeness (QED) is 0.466. The Balaban J connectivity index is 2.37. The summed E-state index contributed by atoms with van der Waals surface area (Å²) in [5, 5.41) is 2.76. The number of nitrogens with one attached hydrogen (secondary N) is 1. The molecule has 1 amide bonds. The van der Waals surface area contributed by atoms with Gasteiger partial charge in [0.25, 0.3) is 5.91 Å². The van der Waals surface area contributed by atoms with E-state index in [0.717, 1.165) is 5.56 Å². The van der Waals surface area contributed by atoms with E-state index in [1.807, 2.05) is 0 Å². The van der Waals surface area contributed by atoms with Gasteiger partial charge in [0.05, 0.1) is 13.2 Å². The molecule has 0 saturated heterocycles. The van der Waals surface area contributed by atoms with Crippen LogP contribution < -0.4 is 11.1 Å². The molecule has 0 aliphatic carbocycles. The molecule has 112 valence electrons. The number of carbonyl (C=O) groups is 2. The van der Waals surface area contributed by atoms with Gasteiger partial charge in [-0.1, -0.05) is 11.8 Å². The lowest BCUT2D eigenvalue weighted by atomic mass is 10.1. The van der Waals surface area contributed by atoms with Crippen molar-refractivity contribution in [2.24, 2.45) is 5.73 Å². The zero-order chi connectivity index (χ0) is 15.5. The molecule has 0 unspecified atom stereocenters. The zero-order valence-electron chi connectivity index (χ0n) is 12.1. The Bertz CT molecular complexity index is 527. The van der Waals surface area contributed by atoms with Crippen molar-refractivity contribution in [3.63, 3.8) is 0 Å². The van der Waals surface area contributed by atoms with Crippen LogP contribution in [0.3, 0.4) is 0 Å². The Labute approximate surface area is 124 Å². The van der Waals surface area contributed by atoms with E-state index in [9.17, 15) is 9.59 Å². The predicted molar refractivity (Wildman–Crippen MR) is 80.6 cm³/mol. The van der Waals surface area contributed by atoms with Gasteiger partial charge in [-0.2, -0.15) is 0 Å². The van der Waals surface area contributed by atoms with Crippen molar-refractivity contribution in [3.05, 3.63) is 35.4 Å². The summed E-state index contributed by atoms with van der Waals surface area (Å²) in [7, 11) is 0. The van der Waals surface area contributed by atoms with Gasteiger partial charge >= 0.3 is 5.97 Å². The third-order valence-electron chi connectivity index (χ3n) is 2.63. The molecule has 0 fully saturated rings. The molecule has 0 aliphatic rings. The maximum absolute atomic E-state index is 11.9. The molecule has 1 aromatic rings. The summed E-state index contributed by atoms with van der Waals surface area (Å²) in [5.74, 6) is 5.23. The second-order valence-corrected chi connectivity index (χ2v) is 4.25. The van der Waals surface area contributed by atoms with Gasteiger partial charge in [-0.15, -0.1) is 0 Å². The van der Waals surface area contributed by atoms with E-state index < -0.39 is 0 Å². The first kappa shape index (κ1) is 16.7. The van der Waals surface area contributed by atoms with Crippen molar-refractivity contribution >= 4 is 11.9 Å². The zero-order valence-corrected chi connectivity index (χ0v) is 12.1. The third-order valence-corrected chi connectivity index (χ3v) is 2.63. The Hall–Kier alpha value is -2.32. The van der Waals surface area contributed by atoms with Crippen LogP contribution in [0.1, 0.15) is 35.7 Å². The van der Waals surface area contributed by atoms with Gasteiger partial charge in [0.2, 0.25) is 0 Å². The van der Waals surface area contributed by atoms with E-state index in [-0.39, 0.29) is 11.9 Å². The molecule has 1 rings (SSSR count). The van der Waals surface area contributed by atoms with Crippen molar-refractivity contribution < 1.29 is 14.3 Å². The van der Waals surface area contributed by atoms with E-state index in [0.29, 0.717) is 38.1 Å². The summed E-state index contributed by atoms with van der Waals surface area (Å²) >= 11 is 0. The van der Waals surface area contributed by atoms with Gasteiger partial charge < -0.3 is 15.8 Å². The summed E-state index contributed by atoms with van der Waals surface area (Å²) in [6.45, 7) is 2.89. The lowest BCUT2D eigenvalue weighted by Crippen LogP contribution is -2.25. The van der Waals surface area contributed by atoms with E-state index >= 15 is 0 Å². The van der Waals surface area contributed by atoms with Gasteiger partial charge in [-0.3, -0.25) is 9.59 Å². The molecule has 21 heavy (non-hydrogen) atoms. The fourth-order valence-corrected chi connectivity index (χ4v) is 1.63. The second-order valence-electron chi connectivity index (χ2n) is 4.25. The molecule has 0 saturated carbocycles. The van der Waals surface area contributed by atoms with Crippen molar-refractivity contribution in [1.82, 2.24) is 5.32 Å². The lowest BCUT2D eigenvalue weighted by Gasteiger charge is -2.05. The van der Waals surface area contributed by atoms with E-state index in [4.69, 9.17) is 10.5 Å². The molecule has 0 spiro atoms. The Morgan fingerprint density at radius 3 is 2.62 bits per heavy atom. The van der Waals surface area contributed by atoms with Crippen LogP contribution in [0, 0.1) is 11.8 Å². The molecule has 0 aliphatic heterocycles. The number of rotatable bonds is 6. The van der Waals surface area contributed by atoms with E-state index in [1.54, 1.807) is 31.2 Å². The first-order valence-electron chi connectivity index (χ1n) is 6.90. The highest BCUT2D eigenvalue weighted by Crippen LogP contribution is 2.03. The van der Waals surface area contributed by atoms with Gasteiger partial charge in [0.1, 0.15) is 0 Å². The average Bonchev–Trinajstić information content (AvgIpc) is 2.50. The van der Waals surface area contributed by atoms with Crippen LogP contribution >= 0.6 is 0 Å². The average molecular weight is 288 g/mol. The smallest absolute Gasteiger partial charge is 0.305 e. The van der Waals surface area contributed by atoms with Gasteiger partial charge in [-0.25, -0.2) is 0 Å². The minimum Gasteiger partial charge on any atom is -0.466 e. The fraction of sp³-hybridized carbons (Fsp3) is 0.375. The number of amides is 1. The summed E-state index contributed by atoms with van der Waals surface area (Å²) in [6, 6.07) is 6.97. The minimum absolute atomic E-state index is 0.169. The topological polar surface area (TPSA) is 81.4 Å². The molecule has 5 heteroatoms. The number of carbonyl (C=O) groups excluding carboxylic acids is 2. The van der Waals surface area contributed by atoms with E-state index in [1.165, 1.54) is 0 Å². The fourth-order valence-electron chi connectivity index (χ4n) is 1.63. The van der Waals surface area contributed by atoms with E-state index in [2.05, 4.69) is 17.2 Å². The summed E-state index contributed by atoms with van der Waals surface area (Å²) < 4.78 is 4.81. The highest BCUT2D eigenvalue weighted by Gasteiger charge is 2.05. The van der Waals surface area contributed by atoms with Crippen molar-refractivity contribution in [3.8, 4) is 11.8 Å². The number of benzene rings is 1. The number of esters is 1. The van der Waals surface area contributed by atoms with Crippen LogP contribution in [-0.2, 0) is 9.53 Å². The maximum Gasteiger partial charge on any atom is 0.305 e. The molecule has 0 heterocycles. The highest BCUT2D eigenvalue weighted by atomic mass is 16.5. The molecule has 0 radical (unpaired) electrons. The Morgan fingerprint density at radius 2 is 2.00 bits per heavy atom. The van der Waals surface area contributed by atoms with Crippen LogP contribution in [0.2, 0.25) is 0 Å². The van der Waals surface area contributed by atoms with Gasteiger partial charge in [0, 0.05) is 24.1 Å². The summed E-state index contributed by atoms with van der Waals surface area (Å²) in [4.78, 5) is 23.0. The number of hydrogen-bond acceptors (Lipinski definition) is 4. The highest BCUT2D eigenvalue weighted by molar-refractivity contribution is 5.94. The number of ether oxygens (including phenoxy) is 1. The van der Waals surface area contributed by atoms with Gasteiger partial charge in [-0.05, 0) is 37.6 Å². The normalized spacial score (nSPS) is 9.43. The first-order valence-corrected chi connectivity index (χ1v) is 6.90. The molecule has 1 aromatic carbocycles. The third kappa shape index (κ3) is 6.59. The number of hydrogen-bond donors (Lipinski definition) is 2. The molecule has 3 N–H and O–H groups in total. The van der Waals surface area contributed by atoms with Crippen LogP contribution in [0.5, 0.6) is 0 Å². The Kier molecular flexibility index (Phi) is 7.62. The molecule has 0 bridgehead atoms. The summed E-state index contributed by atoms with van der Waals surface area (Å²) in [6.07, 6.45) is 0.867. The molecule has 0 atom stereocenters. The molecular weight excluding hydrogens is 268 g/mol. The standard InChI is InChI=1S/C16H20N2O3/c1-2-21-15(19)6-4-12-18-16(20)14-9-7-13(8-10-14)5-3-11-17/h7-10H,2,4,6,11-12,17H2,1H3,(H,18,20). The SMILES string of the molecule is CCOC(=O)CCCNC(=O)c1ccc(C#CCN)cc1. The predicted octanol–water partition coefficient (Wildman–Crippen LogP) is 1.07. The van der Waals surface area contributed by atoms with Crippen LogP contribution in [0.4, 0.5) is 0 Å². The van der Waals surface area contributed by atoms with Crippen molar-refractivity contribution in [1.29, 1.82) is 0 Å². The minimum atomic E-state index is -0.241. The number of nitrogens with two attached hydrogens (primary N) is 1. The monoisotopic (exact) mass is 288 g/mol. The largest absolute Gasteiger partial charge is 0.466 e. The van der Waals surface area contributed by atoms with Gasteiger partial charge in [0.15, 0.2) is 0 Å². The van der Waals surface area contributed by atoms with Crippen molar-refractivity contribution in [2.75, 3.05) is 19.7 Å². The summed E-state index contributed by atoms with van der Waals surface area (Å²) in [5.41, 5.74) is 6.67. The van der Waals surface area contributed by atoms with Crippen LogP contribution in [-0.4, -0.2) is 31.6 Å².